The number of rotatable bonds is 26. The van der Waals surface area contributed by atoms with Crippen LogP contribution in [0.3, 0.4) is 0 Å². The molecule has 0 rings (SSSR count). The van der Waals surface area contributed by atoms with Crippen molar-refractivity contribution in [2.45, 2.75) is 467 Å². The normalized spacial score (nSPS) is 6.74. The van der Waals surface area contributed by atoms with E-state index in [0.717, 1.165) is 29.6 Å². The van der Waals surface area contributed by atoms with Crippen molar-refractivity contribution in [1.82, 2.24) is 0 Å². The molecule has 0 radical (unpaired) electrons. The van der Waals surface area contributed by atoms with Gasteiger partial charge in [0.15, 0.2) is 0 Å². The van der Waals surface area contributed by atoms with Crippen molar-refractivity contribution < 1.29 is 0 Å². The van der Waals surface area contributed by atoms with Crippen LogP contribution in [0.5, 0.6) is 0 Å². The third-order valence-electron chi connectivity index (χ3n) is 10.8. The number of hydrogen-bond acceptors (Lipinski definition) is 0. The summed E-state index contributed by atoms with van der Waals surface area (Å²) in [6.45, 7) is 60.4. The van der Waals surface area contributed by atoms with Crippen LogP contribution >= 0.6 is 148 Å². The SMILES string of the molecule is C.C.C.C.C.C.C.C.C.C.CCCC.CCCC.CCCC.CCCC.CCCC.CCCC.CCCC(C)CCC.CCCC(C)CCC.CCCC(C)CCC.CCCC(C)CCC.CCCC(C)CCC.P.P.P.P.P.P.P.P.P.P.P.P.P.P.P. The minimum Gasteiger partial charge on any atom is -0.153 e. The molecule has 0 N–H and O–H groups in total. The lowest BCUT2D eigenvalue weighted by Crippen LogP contribution is -1.91. The monoisotopic (exact) mass is 1590 g/mol. The molecule has 0 aromatic heterocycles. The maximum Gasteiger partial charge on any atom is -0.0443 e. The Morgan fingerprint density at radius 2 is 0.157 bits per heavy atom. The van der Waals surface area contributed by atoms with Gasteiger partial charge in [-0.05, 0) is 29.6 Å². The predicted molar refractivity (Wildman–Crippen MR) is 552 cm³/mol. The molecule has 606 valence electrons. The first kappa shape index (κ1) is 241. The molecular formula is C74H235P15. The van der Waals surface area contributed by atoms with Crippen molar-refractivity contribution in [3.8, 4) is 0 Å². The summed E-state index contributed by atoms with van der Waals surface area (Å²) in [4.78, 5) is 0. The molecule has 0 saturated carbocycles. The molecule has 0 aromatic carbocycles. The van der Waals surface area contributed by atoms with Gasteiger partial charge in [-0.2, -0.15) is 148 Å². The van der Waals surface area contributed by atoms with E-state index < -0.39 is 0 Å². The summed E-state index contributed by atoms with van der Waals surface area (Å²) in [5.41, 5.74) is 0. The molecule has 15 heteroatoms. The molecule has 0 heterocycles. The maximum atomic E-state index is 2.34. The maximum absolute atomic E-state index is 2.34. The second-order valence-electron chi connectivity index (χ2n) is 19.4. The average Bonchev–Trinajstić information content (AvgIpc) is 3.28. The summed E-state index contributed by atoms with van der Waals surface area (Å²) >= 11 is 0. The first-order chi connectivity index (χ1) is 30.5. The first-order valence-electron chi connectivity index (χ1n) is 30.5. The van der Waals surface area contributed by atoms with Gasteiger partial charge in [0.25, 0.3) is 0 Å². The van der Waals surface area contributed by atoms with Gasteiger partial charge in [0.1, 0.15) is 0 Å². The number of hydrogen-bond donors (Lipinski definition) is 0. The summed E-state index contributed by atoms with van der Waals surface area (Å²) < 4.78 is 0. The Kier molecular flexibility index (Phi) is 782. The van der Waals surface area contributed by atoms with E-state index in [1.165, 1.54) is 205 Å². The molecule has 0 aliphatic rings. The van der Waals surface area contributed by atoms with Gasteiger partial charge in [0.05, 0.1) is 0 Å². The van der Waals surface area contributed by atoms with E-state index >= 15 is 0 Å². The Labute approximate surface area is 640 Å². The van der Waals surface area contributed by atoms with Crippen molar-refractivity contribution in [3.05, 3.63) is 0 Å². The highest BCUT2D eigenvalue weighted by Gasteiger charge is 1.98. The van der Waals surface area contributed by atoms with Crippen LogP contribution in [0, 0.1) is 29.6 Å². The largest absolute Gasteiger partial charge is 0.153 e. The van der Waals surface area contributed by atoms with Crippen molar-refractivity contribution in [2.24, 2.45) is 29.6 Å². The third kappa shape index (κ3) is 448. The van der Waals surface area contributed by atoms with E-state index in [1.54, 1.807) is 0 Å². The molecule has 89 heavy (non-hydrogen) atoms. The lowest BCUT2D eigenvalue weighted by Gasteiger charge is -2.05. The molecule has 0 saturated heterocycles. The molecule has 0 aliphatic heterocycles. The fraction of sp³-hybridized carbons (Fsp3) is 1.00. The van der Waals surface area contributed by atoms with Crippen LogP contribution in [0.1, 0.15) is 467 Å². The molecule has 0 bridgehead atoms. The van der Waals surface area contributed by atoms with E-state index in [9.17, 15) is 0 Å². The van der Waals surface area contributed by atoms with Gasteiger partial charge in [-0.3, -0.25) is 0 Å². The highest BCUT2D eigenvalue weighted by atomic mass is 31.0. The molecule has 0 spiro atoms. The fourth-order valence-corrected chi connectivity index (χ4v) is 5.65. The first-order valence-corrected chi connectivity index (χ1v) is 30.5. The van der Waals surface area contributed by atoms with Gasteiger partial charge < -0.3 is 0 Å². The highest BCUT2D eigenvalue weighted by Crippen LogP contribution is 2.13. The molecule has 0 fully saturated rings. The molecule has 0 aliphatic carbocycles. The van der Waals surface area contributed by atoms with Crippen LogP contribution in [-0.4, -0.2) is 0 Å². The van der Waals surface area contributed by atoms with Crippen LogP contribution < -0.4 is 0 Å². The Balaban J connectivity index is -0.0000000100. The molecule has 0 nitrogen and oxygen atoms in total. The highest BCUT2D eigenvalue weighted by molar-refractivity contribution is 6.93. The zero-order valence-corrected chi connectivity index (χ0v) is 84.3. The van der Waals surface area contributed by atoms with E-state index in [0.29, 0.717) is 0 Å². The Morgan fingerprint density at radius 1 is 0.112 bits per heavy atom. The summed E-state index contributed by atoms with van der Waals surface area (Å²) in [5, 5.41) is 0. The van der Waals surface area contributed by atoms with Gasteiger partial charge in [-0.1, -0.05) is 467 Å². The average molecular weight is 1590 g/mol. The van der Waals surface area contributed by atoms with Crippen molar-refractivity contribution in [2.75, 3.05) is 0 Å². The molecular weight excluding hydrogens is 1350 g/mol. The summed E-state index contributed by atoms with van der Waals surface area (Å²) in [5.74, 6) is 4.81. The molecule has 0 amide bonds. The lowest BCUT2D eigenvalue weighted by atomic mass is 10.0. The Bertz CT molecular complexity index is 426. The van der Waals surface area contributed by atoms with E-state index in [1.807, 2.05) is 0 Å². The van der Waals surface area contributed by atoms with Crippen LogP contribution in [-0.2, 0) is 0 Å². The van der Waals surface area contributed by atoms with Crippen LogP contribution in [0.15, 0.2) is 0 Å². The third-order valence-corrected chi connectivity index (χ3v) is 10.8. The fourth-order valence-electron chi connectivity index (χ4n) is 5.65. The minimum absolute atomic E-state index is 0. The summed E-state index contributed by atoms with van der Waals surface area (Å²) in [7, 11) is 0. The zero-order valence-electron chi connectivity index (χ0n) is 63.1. The standard InChI is InChI=1S/5C8H18.6C4H10.10CH4.15H3P/c5*1-4-6-8(3)7-5-2;6*1-3-4-2;;;;;;;;;;;;;;;;;;;;;;;;;/h5*8H,4-7H2,1-3H3;6*3-4H2,1-2H3;10*1H4;15*1H3. The van der Waals surface area contributed by atoms with E-state index in [2.05, 4.69) is 187 Å². The van der Waals surface area contributed by atoms with Crippen molar-refractivity contribution in [1.29, 1.82) is 0 Å². The number of unbranched alkanes of at least 4 members (excludes halogenated alkanes) is 6. The minimum atomic E-state index is 0. The second kappa shape index (κ2) is 289. The van der Waals surface area contributed by atoms with Crippen LogP contribution in [0.25, 0.3) is 0 Å². The van der Waals surface area contributed by atoms with Gasteiger partial charge >= 0.3 is 0 Å². The molecule has 15 unspecified atom stereocenters. The van der Waals surface area contributed by atoms with Crippen LogP contribution in [0.4, 0.5) is 0 Å². The molecule has 0 aromatic rings. The quantitative estimate of drug-likeness (QED) is 0.0757. The van der Waals surface area contributed by atoms with Gasteiger partial charge in [-0.15, -0.1) is 0 Å². The Hall–Kier alpha value is 6.45. The second-order valence-corrected chi connectivity index (χ2v) is 19.4. The Morgan fingerprint density at radius 3 is 0.180 bits per heavy atom. The smallest absolute Gasteiger partial charge is 0.0443 e. The summed E-state index contributed by atoms with van der Waals surface area (Å²) in [6, 6.07) is 0. The predicted octanol–water partition coefficient (Wildman–Crippen LogP) is 34.2. The van der Waals surface area contributed by atoms with Gasteiger partial charge in [0.2, 0.25) is 0 Å². The van der Waals surface area contributed by atoms with Gasteiger partial charge in [0, 0.05) is 0 Å². The zero-order chi connectivity index (χ0) is 52.5. The van der Waals surface area contributed by atoms with E-state index in [-0.39, 0.29) is 223 Å². The van der Waals surface area contributed by atoms with E-state index in [4.69, 9.17) is 0 Å². The topological polar surface area (TPSA) is 0 Å². The summed E-state index contributed by atoms with van der Waals surface area (Å²) in [6.07, 6.45) is 43.4. The van der Waals surface area contributed by atoms with Crippen LogP contribution in [0.2, 0.25) is 0 Å². The molecule has 15 atom stereocenters. The van der Waals surface area contributed by atoms with Crippen molar-refractivity contribution >= 4 is 148 Å². The lowest BCUT2D eigenvalue weighted by molar-refractivity contribution is 0.480. The van der Waals surface area contributed by atoms with Crippen molar-refractivity contribution in [3.63, 3.8) is 0 Å². The van der Waals surface area contributed by atoms with Gasteiger partial charge in [-0.25, -0.2) is 0 Å².